The van der Waals surface area contributed by atoms with Gasteiger partial charge in [0.1, 0.15) is 5.82 Å². The van der Waals surface area contributed by atoms with Crippen LogP contribution in [0.15, 0.2) is 24.3 Å². The number of nitrogens with one attached hydrogen (secondary N) is 1. The van der Waals surface area contributed by atoms with Crippen molar-refractivity contribution in [2.75, 3.05) is 6.54 Å². The average molecular weight is 293 g/mol. The molecule has 1 aromatic carbocycles. The third kappa shape index (κ3) is 4.04. The third-order valence-electron chi connectivity index (χ3n) is 4.78. The summed E-state index contributed by atoms with van der Waals surface area (Å²) in [6.45, 7) is 9.75. The van der Waals surface area contributed by atoms with Crippen molar-refractivity contribution >= 4 is 0 Å². The second-order valence-corrected chi connectivity index (χ2v) is 6.38. The van der Waals surface area contributed by atoms with E-state index < -0.39 is 0 Å². The molecule has 1 aliphatic heterocycles. The molecule has 3 heteroatoms. The fraction of sp³-hybridized carbons (Fsp3) is 0.667. The molecule has 5 unspecified atom stereocenters. The molecule has 2 nitrogen and oxygen atoms in total. The lowest BCUT2D eigenvalue weighted by Gasteiger charge is -2.30. The van der Waals surface area contributed by atoms with Crippen molar-refractivity contribution in [3.05, 3.63) is 35.6 Å². The quantitative estimate of drug-likeness (QED) is 0.861. The second kappa shape index (κ2) is 7.37. The number of benzene rings is 1. The summed E-state index contributed by atoms with van der Waals surface area (Å²) in [5.41, 5.74) is 1.06. The van der Waals surface area contributed by atoms with Gasteiger partial charge in [-0.05, 0) is 56.8 Å². The molecule has 1 N–H and O–H groups in total. The lowest BCUT2D eigenvalue weighted by molar-refractivity contribution is 0.0476. The highest BCUT2D eigenvalue weighted by atomic mass is 19.1. The topological polar surface area (TPSA) is 21.3 Å². The van der Waals surface area contributed by atoms with E-state index >= 15 is 0 Å². The van der Waals surface area contributed by atoms with Gasteiger partial charge in [0.15, 0.2) is 0 Å². The van der Waals surface area contributed by atoms with Crippen molar-refractivity contribution in [1.82, 2.24) is 5.32 Å². The number of hydrogen-bond acceptors (Lipinski definition) is 2. The van der Waals surface area contributed by atoms with Crippen LogP contribution < -0.4 is 5.32 Å². The average Bonchev–Trinajstić information content (AvgIpc) is 2.68. The zero-order chi connectivity index (χ0) is 15.4. The first-order valence-electron chi connectivity index (χ1n) is 8.16. The zero-order valence-corrected chi connectivity index (χ0v) is 13.6. The van der Waals surface area contributed by atoms with E-state index in [2.05, 4.69) is 33.0 Å². The molecule has 0 amide bonds. The molecule has 1 aliphatic rings. The largest absolute Gasteiger partial charge is 0.375 e. The van der Waals surface area contributed by atoms with E-state index in [1.807, 2.05) is 6.07 Å². The smallest absolute Gasteiger partial charge is 0.123 e. The van der Waals surface area contributed by atoms with Gasteiger partial charge < -0.3 is 10.1 Å². The highest BCUT2D eigenvalue weighted by Gasteiger charge is 2.41. The van der Waals surface area contributed by atoms with Gasteiger partial charge in [0, 0.05) is 12.0 Å². The van der Waals surface area contributed by atoms with Gasteiger partial charge in [0.2, 0.25) is 0 Å². The Morgan fingerprint density at radius 2 is 2.00 bits per heavy atom. The molecule has 1 aromatic rings. The van der Waals surface area contributed by atoms with Crippen molar-refractivity contribution in [1.29, 1.82) is 0 Å². The van der Waals surface area contributed by atoms with Crippen LogP contribution in [0.4, 0.5) is 4.39 Å². The highest BCUT2D eigenvalue weighted by molar-refractivity contribution is 5.18. The summed E-state index contributed by atoms with van der Waals surface area (Å²) in [4.78, 5) is 0. The molecule has 5 atom stereocenters. The molecular weight excluding hydrogens is 265 g/mol. The van der Waals surface area contributed by atoms with Crippen LogP contribution in [-0.2, 0) is 11.2 Å². The minimum Gasteiger partial charge on any atom is -0.375 e. The predicted molar refractivity (Wildman–Crippen MR) is 84.8 cm³/mol. The molecule has 0 bridgehead atoms. The van der Waals surface area contributed by atoms with Crippen LogP contribution in [-0.4, -0.2) is 24.8 Å². The Morgan fingerprint density at radius 3 is 2.57 bits per heavy atom. The van der Waals surface area contributed by atoms with E-state index in [-0.39, 0.29) is 11.9 Å². The monoisotopic (exact) mass is 293 g/mol. The van der Waals surface area contributed by atoms with Gasteiger partial charge in [-0.1, -0.05) is 26.0 Å². The molecule has 0 radical (unpaired) electrons. The molecule has 0 aromatic heterocycles. The molecular formula is C18H28FNO. The fourth-order valence-electron chi connectivity index (χ4n) is 3.58. The second-order valence-electron chi connectivity index (χ2n) is 6.38. The minimum absolute atomic E-state index is 0.154. The Bertz CT molecular complexity index is 451. The zero-order valence-electron chi connectivity index (χ0n) is 13.6. The summed E-state index contributed by atoms with van der Waals surface area (Å²) in [5.74, 6) is 0.830. The van der Waals surface area contributed by atoms with Crippen LogP contribution in [0, 0.1) is 17.7 Å². The van der Waals surface area contributed by atoms with Gasteiger partial charge >= 0.3 is 0 Å². The first kappa shape index (κ1) is 16.4. The molecule has 21 heavy (non-hydrogen) atoms. The van der Waals surface area contributed by atoms with Crippen molar-refractivity contribution in [3.8, 4) is 0 Å². The van der Waals surface area contributed by atoms with Crippen LogP contribution in [0.5, 0.6) is 0 Å². The summed E-state index contributed by atoms with van der Waals surface area (Å²) >= 11 is 0. The van der Waals surface area contributed by atoms with E-state index in [0.29, 0.717) is 24.0 Å². The van der Waals surface area contributed by atoms with Crippen molar-refractivity contribution in [2.45, 2.75) is 58.8 Å². The molecule has 0 aliphatic carbocycles. The summed E-state index contributed by atoms with van der Waals surface area (Å²) < 4.78 is 19.4. The van der Waals surface area contributed by atoms with Crippen LogP contribution in [0.3, 0.4) is 0 Å². The number of rotatable bonds is 6. The van der Waals surface area contributed by atoms with Gasteiger partial charge in [-0.25, -0.2) is 4.39 Å². The van der Waals surface area contributed by atoms with Crippen LogP contribution in [0.1, 0.15) is 39.7 Å². The maximum absolute atomic E-state index is 13.4. The first-order chi connectivity index (χ1) is 10.0. The van der Waals surface area contributed by atoms with Crippen molar-refractivity contribution in [3.63, 3.8) is 0 Å². The SMILES string of the molecule is CCCNC(Cc1cccc(F)c1)C1C(C)OC(C)C1C. The number of ether oxygens (including phenoxy) is 1. The van der Waals surface area contributed by atoms with Gasteiger partial charge in [0.05, 0.1) is 12.2 Å². The Labute approximate surface area is 128 Å². The number of hydrogen-bond donors (Lipinski definition) is 1. The molecule has 118 valence electrons. The highest BCUT2D eigenvalue weighted by Crippen LogP contribution is 2.35. The standard InChI is InChI=1S/C18H28FNO/c1-5-9-20-17(11-15-7-6-8-16(19)10-15)18-12(2)13(3)21-14(18)4/h6-8,10,12-14,17-18,20H,5,9,11H2,1-4H3. The maximum atomic E-state index is 13.4. The predicted octanol–water partition coefficient (Wildman–Crippen LogP) is 3.80. The molecule has 0 spiro atoms. The Morgan fingerprint density at radius 1 is 1.24 bits per heavy atom. The number of halogens is 1. The summed E-state index contributed by atoms with van der Waals surface area (Å²) in [6.07, 6.45) is 2.50. The summed E-state index contributed by atoms with van der Waals surface area (Å²) in [6, 6.07) is 7.29. The molecule has 1 heterocycles. The van der Waals surface area contributed by atoms with Gasteiger partial charge in [-0.3, -0.25) is 0 Å². The molecule has 1 saturated heterocycles. The Balaban J connectivity index is 2.14. The summed E-state index contributed by atoms with van der Waals surface area (Å²) in [7, 11) is 0. The van der Waals surface area contributed by atoms with E-state index in [1.165, 1.54) is 6.07 Å². The lowest BCUT2D eigenvalue weighted by Crippen LogP contribution is -2.43. The molecule has 0 saturated carbocycles. The first-order valence-corrected chi connectivity index (χ1v) is 8.16. The van der Waals surface area contributed by atoms with E-state index in [0.717, 1.165) is 24.9 Å². The van der Waals surface area contributed by atoms with Gasteiger partial charge in [-0.2, -0.15) is 0 Å². The summed E-state index contributed by atoms with van der Waals surface area (Å²) in [5, 5.41) is 3.66. The fourth-order valence-corrected chi connectivity index (χ4v) is 3.58. The van der Waals surface area contributed by atoms with E-state index in [1.54, 1.807) is 12.1 Å². The Kier molecular flexibility index (Phi) is 5.77. The van der Waals surface area contributed by atoms with E-state index in [4.69, 9.17) is 4.74 Å². The Hall–Kier alpha value is -0.930. The van der Waals surface area contributed by atoms with Crippen LogP contribution >= 0.6 is 0 Å². The van der Waals surface area contributed by atoms with E-state index in [9.17, 15) is 4.39 Å². The van der Waals surface area contributed by atoms with Crippen LogP contribution in [0.2, 0.25) is 0 Å². The molecule has 2 rings (SSSR count). The molecule has 1 fully saturated rings. The maximum Gasteiger partial charge on any atom is 0.123 e. The van der Waals surface area contributed by atoms with Crippen molar-refractivity contribution in [2.24, 2.45) is 11.8 Å². The lowest BCUT2D eigenvalue weighted by atomic mass is 9.81. The van der Waals surface area contributed by atoms with Gasteiger partial charge in [0.25, 0.3) is 0 Å². The minimum atomic E-state index is -0.154. The third-order valence-corrected chi connectivity index (χ3v) is 4.78. The van der Waals surface area contributed by atoms with Gasteiger partial charge in [-0.15, -0.1) is 0 Å². The van der Waals surface area contributed by atoms with Crippen LogP contribution in [0.25, 0.3) is 0 Å². The normalized spacial score (nSPS) is 30.5. The van der Waals surface area contributed by atoms with Crippen molar-refractivity contribution < 1.29 is 9.13 Å².